The van der Waals surface area contributed by atoms with Crippen LogP contribution in [-0.2, 0) is 24.0 Å². The Hall–Kier alpha value is -2.69. The lowest BCUT2D eigenvalue weighted by atomic mass is 9.78. The molecule has 4 atom stereocenters. The molecular formula is C29H42N2O6SSi. The maximum absolute atomic E-state index is 14.1. The van der Waals surface area contributed by atoms with Crippen molar-refractivity contribution >= 4 is 35.8 Å². The molecule has 1 aliphatic heterocycles. The topological polar surface area (TPSA) is 102 Å². The Morgan fingerprint density at radius 1 is 1.08 bits per heavy atom. The van der Waals surface area contributed by atoms with Crippen LogP contribution in [0.2, 0.25) is 18.1 Å². The molecule has 1 heterocycles. The van der Waals surface area contributed by atoms with Gasteiger partial charge in [-0.1, -0.05) is 57.5 Å². The van der Waals surface area contributed by atoms with Crippen LogP contribution in [0.4, 0.5) is 5.69 Å². The van der Waals surface area contributed by atoms with E-state index in [1.54, 1.807) is 50.2 Å². The summed E-state index contributed by atoms with van der Waals surface area (Å²) in [6.45, 7) is 18.1. The molecule has 0 aliphatic carbocycles. The second-order valence-electron chi connectivity index (χ2n) is 11.8. The maximum Gasteiger partial charge on any atom is 0.271 e. The summed E-state index contributed by atoms with van der Waals surface area (Å²) in [6.07, 6.45) is -0.433. The van der Waals surface area contributed by atoms with Crippen molar-refractivity contribution < 1.29 is 27.2 Å². The highest BCUT2D eigenvalue weighted by atomic mass is 32.2. The van der Waals surface area contributed by atoms with E-state index in [1.807, 2.05) is 13.8 Å². The second-order valence-corrected chi connectivity index (χ2v) is 18.3. The van der Waals surface area contributed by atoms with Crippen LogP contribution in [0, 0.1) is 18.8 Å². The average molecular weight is 575 g/mol. The molecule has 0 radical (unpaired) electrons. The predicted molar refractivity (Wildman–Crippen MR) is 156 cm³/mol. The Kier molecular flexibility index (Phi) is 9.04. The highest BCUT2D eigenvalue weighted by molar-refractivity contribution is 7.93. The third-order valence-corrected chi connectivity index (χ3v) is 14.2. The average Bonchev–Trinajstić information content (AvgIpc) is 2.82. The van der Waals surface area contributed by atoms with Gasteiger partial charge in [0, 0.05) is 0 Å². The molecule has 0 unspecified atom stereocenters. The molecule has 10 heteroatoms. The van der Waals surface area contributed by atoms with E-state index >= 15 is 0 Å². The smallest absolute Gasteiger partial charge is 0.271 e. The minimum absolute atomic E-state index is 0.0104. The summed E-state index contributed by atoms with van der Waals surface area (Å²) in [6, 6.07) is 12.4. The summed E-state index contributed by atoms with van der Waals surface area (Å²) in [7, 11) is -6.50. The van der Waals surface area contributed by atoms with Crippen molar-refractivity contribution in [2.24, 2.45) is 11.8 Å². The fourth-order valence-corrected chi connectivity index (χ4v) is 7.43. The van der Waals surface area contributed by atoms with Gasteiger partial charge < -0.3 is 14.5 Å². The van der Waals surface area contributed by atoms with Crippen LogP contribution in [0.15, 0.2) is 53.4 Å². The summed E-state index contributed by atoms with van der Waals surface area (Å²) >= 11 is 0. The van der Waals surface area contributed by atoms with Gasteiger partial charge >= 0.3 is 0 Å². The lowest BCUT2D eigenvalue weighted by molar-refractivity contribution is -0.144. The highest BCUT2D eigenvalue weighted by Gasteiger charge is 2.52. The van der Waals surface area contributed by atoms with Gasteiger partial charge in [-0.2, -0.15) is 4.31 Å². The first-order valence-electron chi connectivity index (χ1n) is 13.4. The minimum Gasteiger partial charge on any atom is -0.492 e. The number of hydrogen-bond acceptors (Lipinski definition) is 6. The number of ether oxygens (including phenoxy) is 1. The lowest BCUT2D eigenvalue weighted by Gasteiger charge is -2.47. The van der Waals surface area contributed by atoms with Gasteiger partial charge in [-0.3, -0.25) is 9.59 Å². The van der Waals surface area contributed by atoms with E-state index < -0.39 is 48.2 Å². The number of amides is 2. The van der Waals surface area contributed by atoms with E-state index in [0.29, 0.717) is 6.61 Å². The molecule has 2 aromatic rings. The van der Waals surface area contributed by atoms with Crippen molar-refractivity contribution in [3.05, 3.63) is 54.1 Å². The molecule has 1 saturated heterocycles. The zero-order valence-electron chi connectivity index (χ0n) is 24.4. The van der Waals surface area contributed by atoms with Gasteiger partial charge in [-0.15, -0.1) is 0 Å². The number of benzene rings is 2. The number of rotatable bonds is 10. The van der Waals surface area contributed by atoms with Crippen molar-refractivity contribution in [1.29, 1.82) is 0 Å². The van der Waals surface area contributed by atoms with E-state index in [1.165, 1.54) is 12.1 Å². The monoisotopic (exact) mass is 574 g/mol. The molecule has 8 nitrogen and oxygen atoms in total. The standard InChI is InChI=1S/C29H42N2O6SSi/c1-10-36-24-14-12-11-13-23(24)31(38(34,35)22-17-15-19(2)16-18-22)28(33)20(3)26-25(27(32)30-26)21(4)37-39(8,9)29(5,6)7/h11-18,20-21,25-26H,10H2,1-9H3,(H,30,32)/t20-,21-,25-,26-/m1/s1. The molecule has 1 fully saturated rings. The number of β-lactam (4-membered cyclic amide) rings is 1. The first-order valence-corrected chi connectivity index (χ1v) is 17.7. The van der Waals surface area contributed by atoms with Gasteiger partial charge in [0.1, 0.15) is 11.4 Å². The number of nitrogens with zero attached hydrogens (tertiary/aromatic N) is 1. The molecule has 0 spiro atoms. The van der Waals surface area contributed by atoms with Crippen molar-refractivity contribution in [3.63, 3.8) is 0 Å². The molecule has 2 aromatic carbocycles. The molecule has 214 valence electrons. The summed E-state index contributed by atoms with van der Waals surface area (Å²) < 4.78 is 41.0. The number of carbonyl (C=O) groups excluding carboxylic acids is 2. The van der Waals surface area contributed by atoms with Crippen LogP contribution in [0.5, 0.6) is 5.75 Å². The van der Waals surface area contributed by atoms with Crippen LogP contribution in [-0.4, -0.2) is 47.3 Å². The maximum atomic E-state index is 14.1. The quantitative estimate of drug-likeness (QED) is 0.306. The first kappa shape index (κ1) is 30.8. The number of nitrogens with one attached hydrogen (secondary N) is 1. The predicted octanol–water partition coefficient (Wildman–Crippen LogP) is 5.28. The third kappa shape index (κ3) is 6.23. The summed E-state index contributed by atoms with van der Waals surface area (Å²) in [5.41, 5.74) is 1.02. The number of hydrogen-bond donors (Lipinski definition) is 1. The number of anilines is 1. The summed E-state index contributed by atoms with van der Waals surface area (Å²) in [5, 5.41) is 2.79. The molecule has 1 N–H and O–H groups in total. The third-order valence-electron chi connectivity index (χ3n) is 7.86. The lowest BCUT2D eigenvalue weighted by Crippen LogP contribution is -2.67. The Morgan fingerprint density at radius 2 is 1.67 bits per heavy atom. The van der Waals surface area contributed by atoms with Gasteiger partial charge in [0.25, 0.3) is 10.0 Å². The summed E-state index contributed by atoms with van der Waals surface area (Å²) in [4.78, 5) is 26.9. The Bertz CT molecular complexity index is 1300. The van der Waals surface area contributed by atoms with Crippen LogP contribution in [0.3, 0.4) is 0 Å². The van der Waals surface area contributed by atoms with Crippen LogP contribution in [0.1, 0.15) is 47.1 Å². The molecule has 3 rings (SSSR count). The molecule has 2 amide bonds. The van der Waals surface area contributed by atoms with E-state index in [-0.39, 0.29) is 27.3 Å². The normalized spacial score (nSPS) is 19.5. The first-order chi connectivity index (χ1) is 18.0. The zero-order valence-corrected chi connectivity index (χ0v) is 26.3. The van der Waals surface area contributed by atoms with Gasteiger partial charge in [-0.25, -0.2) is 8.42 Å². The molecule has 1 aliphatic rings. The Labute approximate surface area is 234 Å². The van der Waals surface area contributed by atoms with Gasteiger partial charge in [0.2, 0.25) is 11.8 Å². The van der Waals surface area contributed by atoms with Gasteiger partial charge in [-0.05, 0) is 63.2 Å². The number of para-hydroxylation sites is 2. The van der Waals surface area contributed by atoms with E-state index in [4.69, 9.17) is 9.16 Å². The van der Waals surface area contributed by atoms with E-state index in [2.05, 4.69) is 39.2 Å². The van der Waals surface area contributed by atoms with Gasteiger partial charge in [0.05, 0.1) is 35.5 Å². The molecule has 39 heavy (non-hydrogen) atoms. The highest BCUT2D eigenvalue weighted by Crippen LogP contribution is 2.40. The fraction of sp³-hybridized carbons (Fsp3) is 0.517. The molecule has 0 bridgehead atoms. The number of aryl methyl sites for hydroxylation is 1. The SMILES string of the molecule is CCOc1ccccc1N(C(=O)[C@H](C)[C@H]1NC(=O)[C@@H]1[C@@H](C)O[Si](C)(C)C(C)(C)C)S(=O)(=O)c1ccc(C)cc1. The van der Waals surface area contributed by atoms with Crippen LogP contribution in [0.25, 0.3) is 0 Å². The van der Waals surface area contributed by atoms with Crippen molar-refractivity contribution in [1.82, 2.24) is 5.32 Å². The van der Waals surface area contributed by atoms with Crippen molar-refractivity contribution in [2.75, 3.05) is 10.9 Å². The number of carbonyl (C=O) groups is 2. The van der Waals surface area contributed by atoms with Crippen LogP contribution >= 0.6 is 0 Å². The Morgan fingerprint density at radius 3 is 2.21 bits per heavy atom. The number of sulfonamides is 1. The zero-order chi connectivity index (χ0) is 29.3. The molecular weight excluding hydrogens is 532 g/mol. The fourth-order valence-electron chi connectivity index (χ4n) is 4.50. The van der Waals surface area contributed by atoms with Crippen molar-refractivity contribution in [2.45, 2.75) is 83.6 Å². The largest absolute Gasteiger partial charge is 0.492 e. The van der Waals surface area contributed by atoms with Crippen molar-refractivity contribution in [3.8, 4) is 5.75 Å². The molecule has 0 aromatic heterocycles. The van der Waals surface area contributed by atoms with E-state index in [9.17, 15) is 18.0 Å². The Balaban J connectivity index is 2.02. The second kappa shape index (κ2) is 11.4. The van der Waals surface area contributed by atoms with E-state index in [0.717, 1.165) is 9.87 Å². The van der Waals surface area contributed by atoms with Gasteiger partial charge in [0.15, 0.2) is 8.32 Å². The van der Waals surface area contributed by atoms with Crippen LogP contribution < -0.4 is 14.4 Å². The summed E-state index contributed by atoms with van der Waals surface area (Å²) in [5.74, 6) is -2.01. The minimum atomic E-state index is -4.31. The molecule has 0 saturated carbocycles.